The highest BCUT2D eigenvalue weighted by Crippen LogP contribution is 2.29. The van der Waals surface area contributed by atoms with Crippen molar-refractivity contribution in [1.82, 2.24) is 0 Å². The van der Waals surface area contributed by atoms with Gasteiger partial charge in [-0.3, -0.25) is 9.10 Å². The van der Waals surface area contributed by atoms with Gasteiger partial charge < -0.3 is 10.1 Å². The molecule has 0 aromatic heterocycles. The Bertz CT molecular complexity index is 961. The van der Waals surface area contributed by atoms with E-state index in [1.165, 1.54) is 11.4 Å². The van der Waals surface area contributed by atoms with Crippen LogP contribution in [0.25, 0.3) is 0 Å². The zero-order valence-electron chi connectivity index (χ0n) is 16.5. The second-order valence-corrected chi connectivity index (χ2v) is 8.89. The molecule has 28 heavy (non-hydrogen) atoms. The lowest BCUT2D eigenvalue weighted by Gasteiger charge is -2.24. The molecule has 0 saturated carbocycles. The molecule has 2 rings (SSSR count). The molecule has 0 saturated heterocycles. The highest BCUT2D eigenvalue weighted by molar-refractivity contribution is 7.92. The maximum absolute atomic E-state index is 12.3. The minimum atomic E-state index is -3.51. The summed E-state index contributed by atoms with van der Waals surface area (Å²) in [5.41, 5.74) is 2.80. The van der Waals surface area contributed by atoms with Crippen molar-refractivity contribution in [2.75, 3.05) is 29.5 Å². The van der Waals surface area contributed by atoms with E-state index in [0.29, 0.717) is 34.1 Å². The lowest BCUT2D eigenvalue weighted by Crippen LogP contribution is -2.32. The SMILES string of the molecule is COc1ccc(C)cc1NC(=O)CCCN(c1cccc(Cl)c1C)S(C)(=O)=O. The Morgan fingerprint density at radius 3 is 2.57 bits per heavy atom. The van der Waals surface area contributed by atoms with Crippen molar-refractivity contribution >= 4 is 38.9 Å². The van der Waals surface area contributed by atoms with E-state index in [2.05, 4.69) is 5.32 Å². The first-order valence-corrected chi connectivity index (χ1v) is 11.0. The summed E-state index contributed by atoms with van der Waals surface area (Å²) in [6.45, 7) is 3.87. The summed E-state index contributed by atoms with van der Waals surface area (Å²) in [4.78, 5) is 12.3. The molecule has 0 heterocycles. The third-order valence-electron chi connectivity index (χ3n) is 4.30. The Labute approximate surface area is 171 Å². The van der Waals surface area contributed by atoms with Crippen LogP contribution in [0.5, 0.6) is 5.75 Å². The number of sulfonamides is 1. The van der Waals surface area contributed by atoms with Gasteiger partial charge in [-0.15, -0.1) is 0 Å². The zero-order chi connectivity index (χ0) is 20.9. The van der Waals surface area contributed by atoms with Crippen molar-refractivity contribution in [1.29, 1.82) is 0 Å². The third-order valence-corrected chi connectivity index (χ3v) is 5.89. The predicted molar refractivity (Wildman–Crippen MR) is 114 cm³/mol. The molecule has 152 valence electrons. The number of nitrogens with zero attached hydrogens (tertiary/aromatic N) is 1. The fraction of sp³-hybridized carbons (Fsp3) is 0.350. The first-order valence-electron chi connectivity index (χ1n) is 8.81. The first-order chi connectivity index (χ1) is 13.1. The number of benzene rings is 2. The summed E-state index contributed by atoms with van der Waals surface area (Å²) < 4.78 is 31.0. The Balaban J connectivity index is 2.06. The minimum Gasteiger partial charge on any atom is -0.495 e. The van der Waals surface area contributed by atoms with Crippen LogP contribution in [0.3, 0.4) is 0 Å². The Kier molecular flexibility index (Phi) is 7.32. The van der Waals surface area contributed by atoms with E-state index >= 15 is 0 Å². The van der Waals surface area contributed by atoms with Crippen LogP contribution in [0, 0.1) is 13.8 Å². The van der Waals surface area contributed by atoms with Crippen LogP contribution >= 0.6 is 11.6 Å². The molecule has 0 radical (unpaired) electrons. The second kappa shape index (κ2) is 9.30. The predicted octanol–water partition coefficient (Wildman–Crippen LogP) is 4.15. The van der Waals surface area contributed by atoms with E-state index in [9.17, 15) is 13.2 Å². The molecule has 1 amide bonds. The van der Waals surface area contributed by atoms with Gasteiger partial charge in [-0.05, 0) is 55.7 Å². The number of anilines is 2. The number of aryl methyl sites for hydroxylation is 1. The quantitative estimate of drug-likeness (QED) is 0.690. The highest BCUT2D eigenvalue weighted by atomic mass is 35.5. The molecule has 0 aliphatic carbocycles. The van der Waals surface area contributed by atoms with Crippen LogP contribution in [0.2, 0.25) is 5.02 Å². The van der Waals surface area contributed by atoms with E-state index in [-0.39, 0.29) is 18.9 Å². The molecular weight excluding hydrogens is 400 g/mol. The number of methoxy groups -OCH3 is 1. The summed E-state index contributed by atoms with van der Waals surface area (Å²) in [6, 6.07) is 10.6. The van der Waals surface area contributed by atoms with E-state index in [1.807, 2.05) is 19.1 Å². The summed E-state index contributed by atoms with van der Waals surface area (Å²) >= 11 is 6.13. The number of halogens is 1. The Morgan fingerprint density at radius 2 is 1.93 bits per heavy atom. The standard InChI is InChI=1S/C20H25ClN2O4S/c1-14-10-11-19(27-3)17(13-14)22-20(24)9-6-12-23(28(4,25)26)18-8-5-7-16(21)15(18)2/h5,7-8,10-11,13H,6,9,12H2,1-4H3,(H,22,24). The molecule has 0 fully saturated rings. The number of hydrogen-bond donors (Lipinski definition) is 1. The van der Waals surface area contributed by atoms with Gasteiger partial charge in [0, 0.05) is 18.0 Å². The maximum Gasteiger partial charge on any atom is 0.232 e. The lowest BCUT2D eigenvalue weighted by atomic mass is 10.2. The summed E-state index contributed by atoms with van der Waals surface area (Å²) in [6.07, 6.45) is 1.67. The van der Waals surface area contributed by atoms with Gasteiger partial charge in [0.25, 0.3) is 0 Å². The normalized spacial score (nSPS) is 11.2. The largest absolute Gasteiger partial charge is 0.495 e. The summed E-state index contributed by atoms with van der Waals surface area (Å²) in [5.74, 6) is 0.367. The molecular formula is C20H25ClN2O4S. The smallest absolute Gasteiger partial charge is 0.232 e. The van der Waals surface area contributed by atoms with Crippen molar-refractivity contribution in [3.63, 3.8) is 0 Å². The number of rotatable bonds is 8. The second-order valence-electron chi connectivity index (χ2n) is 6.57. The van der Waals surface area contributed by atoms with Gasteiger partial charge in [-0.2, -0.15) is 0 Å². The van der Waals surface area contributed by atoms with Gasteiger partial charge in [0.1, 0.15) is 5.75 Å². The molecule has 2 aromatic rings. The average molecular weight is 425 g/mol. The van der Waals surface area contributed by atoms with Crippen LogP contribution in [0.4, 0.5) is 11.4 Å². The molecule has 8 heteroatoms. The van der Waals surface area contributed by atoms with Crippen LogP contribution in [0.1, 0.15) is 24.0 Å². The number of carbonyl (C=O) groups is 1. The number of hydrogen-bond acceptors (Lipinski definition) is 4. The average Bonchev–Trinajstić information content (AvgIpc) is 2.61. The van der Waals surface area contributed by atoms with E-state index in [4.69, 9.17) is 16.3 Å². The number of carbonyl (C=O) groups excluding carboxylic acids is 1. The fourth-order valence-corrected chi connectivity index (χ4v) is 4.03. The first kappa shape index (κ1) is 22.0. The maximum atomic E-state index is 12.3. The molecule has 1 N–H and O–H groups in total. The minimum absolute atomic E-state index is 0.169. The monoisotopic (exact) mass is 424 g/mol. The van der Waals surface area contributed by atoms with E-state index < -0.39 is 10.0 Å². The topological polar surface area (TPSA) is 75.7 Å². The van der Waals surface area contributed by atoms with Gasteiger partial charge in [0.15, 0.2) is 0 Å². The summed E-state index contributed by atoms with van der Waals surface area (Å²) in [5, 5.41) is 3.32. The molecule has 0 spiro atoms. The number of ether oxygens (including phenoxy) is 1. The van der Waals surface area contributed by atoms with Gasteiger partial charge in [-0.25, -0.2) is 8.42 Å². The lowest BCUT2D eigenvalue weighted by molar-refractivity contribution is -0.116. The van der Waals surface area contributed by atoms with Crippen LogP contribution in [0.15, 0.2) is 36.4 Å². The van der Waals surface area contributed by atoms with Gasteiger partial charge in [-0.1, -0.05) is 23.7 Å². The van der Waals surface area contributed by atoms with Crippen molar-refractivity contribution in [2.24, 2.45) is 0 Å². The number of nitrogens with one attached hydrogen (secondary N) is 1. The molecule has 0 aliphatic rings. The fourth-order valence-electron chi connectivity index (χ4n) is 2.85. The molecule has 6 nitrogen and oxygen atoms in total. The van der Waals surface area contributed by atoms with Crippen molar-refractivity contribution in [3.8, 4) is 5.75 Å². The van der Waals surface area contributed by atoms with Crippen molar-refractivity contribution in [2.45, 2.75) is 26.7 Å². The Morgan fingerprint density at radius 1 is 1.21 bits per heavy atom. The Hall–Kier alpha value is -2.25. The van der Waals surface area contributed by atoms with Crippen molar-refractivity contribution < 1.29 is 17.9 Å². The van der Waals surface area contributed by atoms with Crippen LogP contribution < -0.4 is 14.4 Å². The zero-order valence-corrected chi connectivity index (χ0v) is 18.0. The van der Waals surface area contributed by atoms with Crippen LogP contribution in [-0.2, 0) is 14.8 Å². The van der Waals surface area contributed by atoms with E-state index in [0.717, 1.165) is 11.8 Å². The molecule has 0 unspecified atom stereocenters. The van der Waals surface area contributed by atoms with Gasteiger partial charge >= 0.3 is 0 Å². The van der Waals surface area contributed by atoms with Crippen LogP contribution in [-0.4, -0.2) is 34.2 Å². The van der Waals surface area contributed by atoms with Gasteiger partial charge in [0.2, 0.25) is 15.9 Å². The highest BCUT2D eigenvalue weighted by Gasteiger charge is 2.20. The molecule has 0 bridgehead atoms. The third kappa shape index (κ3) is 5.62. The summed E-state index contributed by atoms with van der Waals surface area (Å²) in [7, 11) is -1.97. The van der Waals surface area contributed by atoms with Crippen molar-refractivity contribution in [3.05, 3.63) is 52.5 Å². The molecule has 0 atom stereocenters. The number of amides is 1. The van der Waals surface area contributed by atoms with E-state index in [1.54, 1.807) is 31.2 Å². The van der Waals surface area contributed by atoms with Gasteiger partial charge in [0.05, 0.1) is 24.7 Å². The molecule has 0 aliphatic heterocycles. The molecule has 2 aromatic carbocycles.